The number of aryl methyl sites for hydroxylation is 3. The first kappa shape index (κ1) is 15.7. The van der Waals surface area contributed by atoms with Gasteiger partial charge in [0.15, 0.2) is 0 Å². The molecular formula is C22H24O. The minimum Gasteiger partial charge on any atom is -0.299 e. The zero-order valence-corrected chi connectivity index (χ0v) is 13.8. The smallest absolute Gasteiger partial charge is 0.137 e. The molecule has 0 radical (unpaired) electrons. The number of rotatable bonds is 5. The van der Waals surface area contributed by atoms with Crippen molar-refractivity contribution < 1.29 is 4.79 Å². The highest BCUT2D eigenvalue weighted by molar-refractivity contribution is 5.83. The third-order valence-corrected chi connectivity index (χ3v) is 4.63. The van der Waals surface area contributed by atoms with Gasteiger partial charge in [0.25, 0.3) is 0 Å². The average molecular weight is 304 g/mol. The summed E-state index contributed by atoms with van der Waals surface area (Å²) in [4.78, 5) is 11.6. The maximum Gasteiger partial charge on any atom is 0.137 e. The van der Waals surface area contributed by atoms with Crippen molar-refractivity contribution in [3.63, 3.8) is 0 Å². The summed E-state index contributed by atoms with van der Waals surface area (Å²) in [5.41, 5.74) is 6.56. The summed E-state index contributed by atoms with van der Waals surface area (Å²) in [5.74, 6) is 0.370. The number of carbonyl (C=O) groups is 1. The molecule has 1 nitrogen and oxygen atoms in total. The van der Waals surface area contributed by atoms with E-state index >= 15 is 0 Å². The monoisotopic (exact) mass is 304 g/mol. The van der Waals surface area contributed by atoms with Crippen LogP contribution in [-0.2, 0) is 30.5 Å². The molecule has 1 heteroatoms. The number of hydrogen-bond acceptors (Lipinski definition) is 1. The number of fused-ring (bicyclic) bond motifs is 1. The summed E-state index contributed by atoms with van der Waals surface area (Å²) >= 11 is 0. The Labute approximate surface area is 139 Å². The molecule has 0 unspecified atom stereocenters. The quantitative estimate of drug-likeness (QED) is 0.763. The predicted octanol–water partition coefficient (Wildman–Crippen LogP) is 4.95. The van der Waals surface area contributed by atoms with Gasteiger partial charge in [-0.05, 0) is 53.5 Å². The van der Waals surface area contributed by atoms with Gasteiger partial charge in [-0.1, -0.05) is 61.5 Å². The molecule has 0 heterocycles. The molecule has 0 saturated carbocycles. The van der Waals surface area contributed by atoms with E-state index in [-0.39, 0.29) is 0 Å². The lowest BCUT2D eigenvalue weighted by Gasteiger charge is -2.15. The molecule has 23 heavy (non-hydrogen) atoms. The summed E-state index contributed by atoms with van der Waals surface area (Å²) in [6, 6.07) is 15.4. The molecule has 0 aliphatic heterocycles. The number of benzene rings is 2. The van der Waals surface area contributed by atoms with Gasteiger partial charge in [-0.2, -0.15) is 0 Å². The first-order valence-corrected chi connectivity index (χ1v) is 8.62. The summed E-state index contributed by atoms with van der Waals surface area (Å²) in [7, 11) is 0. The third kappa shape index (κ3) is 4.19. The molecule has 1 aliphatic rings. The van der Waals surface area contributed by atoms with Crippen molar-refractivity contribution >= 4 is 11.9 Å². The summed E-state index contributed by atoms with van der Waals surface area (Å²) in [6.45, 7) is 2.18. The van der Waals surface area contributed by atoms with E-state index in [0.717, 1.165) is 25.7 Å². The number of carbonyl (C=O) groups excluding carboxylic acids is 1. The molecular weight excluding hydrogens is 280 g/mol. The molecule has 118 valence electrons. The van der Waals surface area contributed by atoms with E-state index in [0.29, 0.717) is 18.6 Å². The van der Waals surface area contributed by atoms with Crippen LogP contribution in [0, 0.1) is 0 Å². The number of Topliss-reactive ketones (excluding diaryl/α,β-unsaturated/α-hetero) is 1. The maximum atomic E-state index is 11.6. The van der Waals surface area contributed by atoms with Gasteiger partial charge >= 0.3 is 0 Å². The molecule has 3 rings (SSSR count). The summed E-state index contributed by atoms with van der Waals surface area (Å²) in [5, 5.41) is 0. The van der Waals surface area contributed by atoms with Crippen molar-refractivity contribution in [2.45, 2.75) is 45.4 Å². The van der Waals surface area contributed by atoms with E-state index in [1.807, 2.05) is 0 Å². The van der Waals surface area contributed by atoms with Crippen LogP contribution in [0.1, 0.15) is 47.6 Å². The summed E-state index contributed by atoms with van der Waals surface area (Å²) in [6.07, 6.45) is 9.86. The van der Waals surface area contributed by atoms with E-state index in [2.05, 4.69) is 61.5 Å². The highest BCUT2D eigenvalue weighted by Gasteiger charge is 2.14. The Bertz CT molecular complexity index is 707. The van der Waals surface area contributed by atoms with Crippen molar-refractivity contribution in [1.29, 1.82) is 0 Å². The van der Waals surface area contributed by atoms with Gasteiger partial charge in [-0.25, -0.2) is 0 Å². The predicted molar refractivity (Wildman–Crippen MR) is 96.6 cm³/mol. The molecule has 1 aliphatic carbocycles. The lowest BCUT2D eigenvalue weighted by Crippen LogP contribution is -2.13. The van der Waals surface area contributed by atoms with Gasteiger partial charge in [-0.15, -0.1) is 0 Å². The van der Waals surface area contributed by atoms with Gasteiger partial charge in [-0.3, -0.25) is 4.79 Å². The van der Waals surface area contributed by atoms with E-state index in [1.54, 1.807) is 0 Å². The molecule has 0 atom stereocenters. The highest BCUT2D eigenvalue weighted by Crippen LogP contribution is 2.21. The molecule has 2 aromatic carbocycles. The molecule has 0 bridgehead atoms. The second kappa shape index (κ2) is 7.41. The molecule has 0 fully saturated rings. The van der Waals surface area contributed by atoms with Crippen LogP contribution >= 0.6 is 0 Å². The van der Waals surface area contributed by atoms with Gasteiger partial charge in [0.1, 0.15) is 5.78 Å². The van der Waals surface area contributed by atoms with E-state index < -0.39 is 0 Å². The average Bonchev–Trinajstić information content (AvgIpc) is 2.59. The van der Waals surface area contributed by atoms with Crippen LogP contribution in [0.2, 0.25) is 0 Å². The number of hydrogen-bond donors (Lipinski definition) is 0. The van der Waals surface area contributed by atoms with Crippen LogP contribution in [0.4, 0.5) is 0 Å². The second-order valence-electron chi connectivity index (χ2n) is 6.35. The number of allylic oxidation sites excluding steroid dienone is 1. The third-order valence-electron chi connectivity index (χ3n) is 4.63. The highest BCUT2D eigenvalue weighted by atomic mass is 16.1. The van der Waals surface area contributed by atoms with Gasteiger partial charge < -0.3 is 0 Å². The van der Waals surface area contributed by atoms with Crippen molar-refractivity contribution in [3.05, 3.63) is 76.4 Å². The fraction of sp³-hybridized carbons (Fsp3) is 0.318. The molecule has 2 aromatic rings. The van der Waals surface area contributed by atoms with E-state index in [4.69, 9.17) is 0 Å². The fourth-order valence-corrected chi connectivity index (χ4v) is 3.14. The first-order valence-electron chi connectivity index (χ1n) is 8.62. The van der Waals surface area contributed by atoms with Crippen molar-refractivity contribution in [2.24, 2.45) is 0 Å². The maximum absolute atomic E-state index is 11.6. The van der Waals surface area contributed by atoms with Crippen LogP contribution in [0.15, 0.2) is 48.5 Å². The summed E-state index contributed by atoms with van der Waals surface area (Å²) < 4.78 is 0. The van der Waals surface area contributed by atoms with E-state index in [9.17, 15) is 4.79 Å². The van der Waals surface area contributed by atoms with Crippen LogP contribution < -0.4 is 0 Å². The Morgan fingerprint density at radius 3 is 2.52 bits per heavy atom. The minimum absolute atomic E-state index is 0.370. The Morgan fingerprint density at radius 2 is 1.74 bits per heavy atom. The van der Waals surface area contributed by atoms with Crippen molar-refractivity contribution in [1.82, 2.24) is 0 Å². The fourth-order valence-electron chi connectivity index (χ4n) is 3.14. The van der Waals surface area contributed by atoms with Gasteiger partial charge in [0.05, 0.1) is 0 Å². The topological polar surface area (TPSA) is 17.1 Å². The molecule has 0 aromatic heterocycles. The lowest BCUT2D eigenvalue weighted by molar-refractivity contribution is -0.118. The van der Waals surface area contributed by atoms with Crippen molar-refractivity contribution in [3.8, 4) is 0 Å². The molecule has 0 amide bonds. The zero-order chi connectivity index (χ0) is 16.1. The Hall–Kier alpha value is -2.15. The Kier molecular flexibility index (Phi) is 5.07. The van der Waals surface area contributed by atoms with Crippen molar-refractivity contribution in [2.75, 3.05) is 0 Å². The minimum atomic E-state index is 0.370. The molecule has 0 saturated heterocycles. The van der Waals surface area contributed by atoms with Gasteiger partial charge in [0.2, 0.25) is 0 Å². The second-order valence-corrected chi connectivity index (χ2v) is 6.35. The van der Waals surface area contributed by atoms with Crippen LogP contribution in [0.5, 0.6) is 0 Å². The number of ketones is 1. The largest absolute Gasteiger partial charge is 0.299 e. The van der Waals surface area contributed by atoms with Crippen LogP contribution in [0.25, 0.3) is 6.08 Å². The lowest BCUT2D eigenvalue weighted by atomic mass is 9.89. The van der Waals surface area contributed by atoms with Crippen LogP contribution in [-0.4, -0.2) is 5.78 Å². The van der Waals surface area contributed by atoms with E-state index in [1.165, 1.54) is 27.8 Å². The normalized spacial score (nSPS) is 14.2. The first-order chi connectivity index (χ1) is 11.2. The SMILES string of the molecule is CCc1ccc(CC/C=C/c2ccc3c(c2)CC(=O)CC3)cc1. The zero-order valence-electron chi connectivity index (χ0n) is 13.8. The van der Waals surface area contributed by atoms with Gasteiger partial charge in [0, 0.05) is 12.8 Å². The Balaban J connectivity index is 1.57. The standard InChI is InChI=1S/C22H24O/c1-2-17-7-9-18(10-8-17)5-3-4-6-19-11-12-20-13-14-22(23)16-21(20)15-19/h4,6-12,15H,2-3,5,13-14,16H2,1H3/b6-4+. The molecule has 0 spiro atoms. The molecule has 0 N–H and O–H groups in total. The Morgan fingerprint density at radius 1 is 0.957 bits per heavy atom. The van der Waals surface area contributed by atoms with Crippen LogP contribution in [0.3, 0.4) is 0 Å².